The molecule has 0 aromatic heterocycles. The van der Waals surface area contributed by atoms with Crippen LogP contribution < -0.4 is 10.4 Å². The molecule has 7 heteroatoms. The Bertz CT molecular complexity index is 929. The fourth-order valence-electron chi connectivity index (χ4n) is 3.96. The second-order valence-electron chi connectivity index (χ2n) is 8.51. The highest BCUT2D eigenvalue weighted by atomic mass is 28.4. The van der Waals surface area contributed by atoms with Crippen molar-refractivity contribution >= 4 is 35.8 Å². The number of hydrogen-bond donors (Lipinski definition) is 0. The Labute approximate surface area is 209 Å². The molecule has 0 N–H and O–H groups in total. The largest absolute Gasteiger partial charge is 0.505 e. The zero-order valence-corrected chi connectivity index (χ0v) is 24.4. The van der Waals surface area contributed by atoms with Gasteiger partial charge < -0.3 is 17.4 Å². The maximum Gasteiger partial charge on any atom is 0.505 e. The predicted octanol–water partition coefficient (Wildman–Crippen LogP) is 5.69. The van der Waals surface area contributed by atoms with E-state index >= 15 is 0 Å². The third-order valence-corrected chi connectivity index (χ3v) is 16.9. The van der Waals surface area contributed by atoms with Crippen LogP contribution in [0.2, 0.25) is 19.1 Å². The van der Waals surface area contributed by atoms with Gasteiger partial charge in [-0.1, -0.05) is 72.1 Å². The molecule has 0 radical (unpaired) electrons. The maximum absolute atomic E-state index is 6.94. The van der Waals surface area contributed by atoms with Crippen LogP contribution >= 0.6 is 0 Å². The fraction of sp³-hybridized carbons (Fsp3) is 0.333. The van der Waals surface area contributed by atoms with Gasteiger partial charge in [0.25, 0.3) is 0 Å². The summed E-state index contributed by atoms with van der Waals surface area (Å²) in [7, 11) is -7.59. The van der Waals surface area contributed by atoms with Crippen molar-refractivity contribution in [2.24, 2.45) is 0 Å². The summed E-state index contributed by atoms with van der Waals surface area (Å²) in [4.78, 5) is 0. The second-order valence-corrected chi connectivity index (χ2v) is 18.3. The van der Waals surface area contributed by atoms with Gasteiger partial charge in [-0.2, -0.15) is 0 Å². The van der Waals surface area contributed by atoms with E-state index in [0.717, 1.165) is 5.56 Å². The molecule has 3 unspecified atom stereocenters. The van der Waals surface area contributed by atoms with Gasteiger partial charge in [0.2, 0.25) is 16.6 Å². The summed E-state index contributed by atoms with van der Waals surface area (Å²) in [5, 5.41) is 2.37. The van der Waals surface area contributed by atoms with E-state index in [0.29, 0.717) is 19.3 Å². The summed E-state index contributed by atoms with van der Waals surface area (Å²) in [6.45, 7) is 23.6. The van der Waals surface area contributed by atoms with E-state index in [1.165, 1.54) is 10.4 Å². The Morgan fingerprint density at radius 1 is 0.794 bits per heavy atom. The lowest BCUT2D eigenvalue weighted by Gasteiger charge is -2.35. The van der Waals surface area contributed by atoms with Crippen molar-refractivity contribution in [2.75, 3.05) is 13.2 Å². The van der Waals surface area contributed by atoms with Crippen molar-refractivity contribution in [3.8, 4) is 0 Å². The van der Waals surface area contributed by atoms with Crippen LogP contribution in [0.1, 0.15) is 32.4 Å². The van der Waals surface area contributed by atoms with Crippen molar-refractivity contribution in [1.29, 1.82) is 0 Å². The Kier molecular flexibility index (Phi) is 10.6. The standard InChI is InChI=1S/C27H40O4Si3/c1-9-23-34(28-10-2,29-11-3)30-24(6)25-19-21-27(22-20-25)33(8,13-5)31-32(7,12-4)26-17-15-14-16-18-26/h9,12-22,24H,1,4-5,10-11,23H2,2-3,6-8H3. The molecular weight excluding hydrogens is 473 g/mol. The van der Waals surface area contributed by atoms with Gasteiger partial charge in [-0.3, -0.25) is 0 Å². The monoisotopic (exact) mass is 512 g/mol. The lowest BCUT2D eigenvalue weighted by molar-refractivity contribution is 0.0404. The van der Waals surface area contributed by atoms with Gasteiger partial charge in [-0.05, 0) is 49.8 Å². The van der Waals surface area contributed by atoms with Crippen LogP contribution in [0.3, 0.4) is 0 Å². The molecule has 34 heavy (non-hydrogen) atoms. The molecule has 0 aliphatic carbocycles. The van der Waals surface area contributed by atoms with Crippen LogP contribution in [0.25, 0.3) is 0 Å². The highest BCUT2D eigenvalue weighted by Crippen LogP contribution is 2.27. The Hall–Kier alpha value is -1.85. The lowest BCUT2D eigenvalue weighted by Crippen LogP contribution is -2.59. The molecule has 2 rings (SSSR count). The van der Waals surface area contributed by atoms with Gasteiger partial charge in [0.1, 0.15) is 0 Å². The van der Waals surface area contributed by atoms with Gasteiger partial charge >= 0.3 is 8.80 Å². The highest BCUT2D eigenvalue weighted by Gasteiger charge is 2.42. The Morgan fingerprint density at radius 2 is 1.29 bits per heavy atom. The molecule has 0 saturated carbocycles. The smallest absolute Gasteiger partial charge is 0.443 e. The molecule has 2 aromatic carbocycles. The van der Waals surface area contributed by atoms with E-state index in [-0.39, 0.29) is 6.10 Å². The predicted molar refractivity (Wildman–Crippen MR) is 150 cm³/mol. The molecule has 2 aromatic rings. The molecule has 0 amide bonds. The van der Waals surface area contributed by atoms with Gasteiger partial charge in [-0.25, -0.2) is 0 Å². The molecule has 3 atom stereocenters. The Morgan fingerprint density at radius 3 is 1.74 bits per heavy atom. The van der Waals surface area contributed by atoms with Crippen LogP contribution in [0.15, 0.2) is 91.8 Å². The number of rotatable bonds is 15. The minimum Gasteiger partial charge on any atom is -0.443 e. The average molecular weight is 513 g/mol. The van der Waals surface area contributed by atoms with E-state index < -0.39 is 25.4 Å². The zero-order valence-electron chi connectivity index (χ0n) is 21.4. The Balaban J connectivity index is 2.28. The van der Waals surface area contributed by atoms with E-state index in [1.54, 1.807) is 0 Å². The minimum absolute atomic E-state index is 0.173. The first-order chi connectivity index (χ1) is 16.2. The molecule has 0 bridgehead atoms. The number of hydrogen-bond acceptors (Lipinski definition) is 4. The maximum atomic E-state index is 6.94. The fourth-order valence-corrected chi connectivity index (χ4v) is 13.7. The van der Waals surface area contributed by atoms with Crippen molar-refractivity contribution in [1.82, 2.24) is 0 Å². The third-order valence-electron chi connectivity index (χ3n) is 5.98. The summed E-state index contributed by atoms with van der Waals surface area (Å²) >= 11 is 0. The molecule has 4 nitrogen and oxygen atoms in total. The molecule has 0 saturated heterocycles. The summed E-state index contributed by atoms with van der Waals surface area (Å²) in [6.07, 6.45) is 1.65. The van der Waals surface area contributed by atoms with Gasteiger partial charge in [0.05, 0.1) is 6.10 Å². The molecule has 184 valence electrons. The topological polar surface area (TPSA) is 36.9 Å². The van der Waals surface area contributed by atoms with E-state index in [9.17, 15) is 0 Å². The molecule has 0 heterocycles. The van der Waals surface area contributed by atoms with Crippen molar-refractivity contribution in [3.63, 3.8) is 0 Å². The van der Waals surface area contributed by atoms with E-state index in [1.807, 2.05) is 44.3 Å². The first kappa shape index (κ1) is 28.4. The number of benzene rings is 2. The summed E-state index contributed by atoms with van der Waals surface area (Å²) in [5.41, 5.74) is 5.08. The number of allylic oxidation sites excluding steroid dienone is 1. The normalized spacial score (nSPS) is 16.1. The van der Waals surface area contributed by atoms with Crippen LogP contribution in [0, 0.1) is 0 Å². The third kappa shape index (κ3) is 6.85. The van der Waals surface area contributed by atoms with Gasteiger partial charge in [-0.15, -0.1) is 19.7 Å². The first-order valence-electron chi connectivity index (χ1n) is 11.9. The SMILES string of the molecule is C=CC[Si](OCC)(OCC)OC(C)c1ccc([Si](C)(C=C)O[Si](C)(C=C)c2ccccc2)cc1. The van der Waals surface area contributed by atoms with Crippen LogP contribution in [0.5, 0.6) is 0 Å². The summed E-state index contributed by atoms with van der Waals surface area (Å²) in [5.74, 6) is 0. The van der Waals surface area contributed by atoms with Crippen molar-refractivity contribution in [3.05, 3.63) is 97.4 Å². The molecule has 0 aliphatic rings. The van der Waals surface area contributed by atoms with E-state index in [2.05, 4.69) is 81.4 Å². The van der Waals surface area contributed by atoms with Crippen LogP contribution in [-0.4, -0.2) is 38.7 Å². The first-order valence-corrected chi connectivity index (χ1v) is 18.8. The van der Waals surface area contributed by atoms with Gasteiger partial charge in [0, 0.05) is 19.3 Å². The quantitative estimate of drug-likeness (QED) is 0.227. The summed E-state index contributed by atoms with van der Waals surface area (Å²) < 4.78 is 25.4. The molecule has 0 aliphatic heterocycles. The molecular formula is C27H40O4Si3. The molecule has 0 spiro atoms. The second kappa shape index (κ2) is 12.7. The molecule has 0 fully saturated rings. The van der Waals surface area contributed by atoms with E-state index in [4.69, 9.17) is 17.4 Å². The van der Waals surface area contributed by atoms with Crippen molar-refractivity contribution < 1.29 is 17.4 Å². The minimum atomic E-state index is -2.83. The van der Waals surface area contributed by atoms with Gasteiger partial charge in [0.15, 0.2) is 0 Å². The van der Waals surface area contributed by atoms with Crippen LogP contribution in [0.4, 0.5) is 0 Å². The van der Waals surface area contributed by atoms with Crippen LogP contribution in [-0.2, 0) is 17.4 Å². The zero-order chi connectivity index (χ0) is 25.2. The summed E-state index contributed by atoms with van der Waals surface area (Å²) in [6, 6.07) is 19.5. The lowest BCUT2D eigenvalue weighted by atomic mass is 10.1. The average Bonchev–Trinajstić information content (AvgIpc) is 2.85. The highest BCUT2D eigenvalue weighted by molar-refractivity contribution is 7.01. The van der Waals surface area contributed by atoms with Crippen molar-refractivity contribution in [2.45, 2.75) is 46.0 Å².